The van der Waals surface area contributed by atoms with E-state index in [0.717, 1.165) is 24.4 Å². The normalized spacial score (nSPS) is 44.1. The predicted molar refractivity (Wildman–Crippen MR) is 70.1 cm³/mol. The Labute approximate surface area is 123 Å². The molecule has 4 fully saturated rings. The van der Waals surface area contributed by atoms with Crippen molar-refractivity contribution >= 4 is 16.1 Å². The maximum absolute atomic E-state index is 12.1. The Morgan fingerprint density at radius 2 is 2.00 bits per heavy atom. The smallest absolute Gasteiger partial charge is 0.362 e. The third-order valence-corrected chi connectivity index (χ3v) is 7.05. The molecule has 118 valence electrons. The molecule has 2 bridgehead atoms. The standard InChI is InChI=1S/C13H19NO6S/c15-11(7-14-1-3-18-4-2-14)19-12-8-5-9-10(6-8)21(16,17)20-13(9)12/h8-10,12-13H,1-7H2/p+1. The van der Waals surface area contributed by atoms with Crippen LogP contribution in [0.5, 0.6) is 0 Å². The van der Waals surface area contributed by atoms with Crippen molar-refractivity contribution in [1.82, 2.24) is 0 Å². The van der Waals surface area contributed by atoms with Gasteiger partial charge in [0.15, 0.2) is 6.54 Å². The number of esters is 1. The monoisotopic (exact) mass is 318 g/mol. The second-order valence-corrected chi connectivity index (χ2v) is 8.26. The average Bonchev–Trinajstić information content (AvgIpc) is 3.04. The number of quaternary nitrogens is 1. The number of morpholine rings is 1. The summed E-state index contributed by atoms with van der Waals surface area (Å²) < 4.78 is 39.7. The lowest BCUT2D eigenvalue weighted by Gasteiger charge is -2.27. The van der Waals surface area contributed by atoms with Crippen molar-refractivity contribution in [3.63, 3.8) is 0 Å². The zero-order valence-electron chi connectivity index (χ0n) is 11.7. The molecule has 2 heterocycles. The first-order chi connectivity index (χ1) is 10.0. The highest BCUT2D eigenvalue weighted by atomic mass is 32.2. The molecular weight excluding hydrogens is 298 g/mol. The van der Waals surface area contributed by atoms with Gasteiger partial charge in [0.05, 0.1) is 18.5 Å². The van der Waals surface area contributed by atoms with E-state index in [4.69, 9.17) is 13.7 Å². The summed E-state index contributed by atoms with van der Waals surface area (Å²) in [6, 6.07) is 0. The van der Waals surface area contributed by atoms with Gasteiger partial charge in [0.25, 0.3) is 10.1 Å². The van der Waals surface area contributed by atoms with Crippen LogP contribution in [-0.4, -0.2) is 64.7 Å². The van der Waals surface area contributed by atoms with Crippen molar-refractivity contribution in [2.24, 2.45) is 11.8 Å². The molecule has 0 amide bonds. The highest BCUT2D eigenvalue weighted by molar-refractivity contribution is 7.87. The lowest BCUT2D eigenvalue weighted by atomic mass is 9.94. The van der Waals surface area contributed by atoms with E-state index in [1.54, 1.807) is 0 Å². The first-order valence-corrected chi connectivity index (χ1v) is 9.04. The van der Waals surface area contributed by atoms with Gasteiger partial charge >= 0.3 is 5.97 Å². The van der Waals surface area contributed by atoms with Gasteiger partial charge in [-0.05, 0) is 12.8 Å². The van der Waals surface area contributed by atoms with E-state index >= 15 is 0 Å². The zero-order valence-corrected chi connectivity index (χ0v) is 12.5. The van der Waals surface area contributed by atoms with Crippen LogP contribution in [0.15, 0.2) is 0 Å². The van der Waals surface area contributed by atoms with Crippen LogP contribution in [0.2, 0.25) is 0 Å². The maximum Gasteiger partial charge on any atom is 0.362 e. The van der Waals surface area contributed by atoms with E-state index < -0.39 is 16.2 Å². The van der Waals surface area contributed by atoms with Gasteiger partial charge in [0, 0.05) is 11.8 Å². The maximum atomic E-state index is 12.1. The lowest BCUT2D eigenvalue weighted by molar-refractivity contribution is -0.900. The van der Waals surface area contributed by atoms with Crippen LogP contribution >= 0.6 is 0 Å². The van der Waals surface area contributed by atoms with Gasteiger partial charge in [-0.25, -0.2) is 4.79 Å². The molecule has 0 spiro atoms. The molecule has 7 nitrogen and oxygen atoms in total. The van der Waals surface area contributed by atoms with Gasteiger partial charge in [-0.3, -0.25) is 4.18 Å². The molecule has 2 aliphatic heterocycles. The van der Waals surface area contributed by atoms with Crippen LogP contribution in [0.4, 0.5) is 0 Å². The minimum Gasteiger partial charge on any atom is -0.455 e. The van der Waals surface area contributed by atoms with E-state index in [0.29, 0.717) is 26.2 Å². The predicted octanol–water partition coefficient (Wildman–Crippen LogP) is -2.05. The molecule has 4 rings (SSSR count). The van der Waals surface area contributed by atoms with Crippen LogP contribution in [-0.2, 0) is 28.6 Å². The zero-order chi connectivity index (χ0) is 14.6. The van der Waals surface area contributed by atoms with Crippen LogP contribution in [0.1, 0.15) is 12.8 Å². The van der Waals surface area contributed by atoms with Crippen LogP contribution in [0, 0.1) is 11.8 Å². The Bertz CT molecular complexity index is 543. The fourth-order valence-corrected chi connectivity index (χ4v) is 6.16. The summed E-state index contributed by atoms with van der Waals surface area (Å²) in [6.07, 6.45) is 0.557. The van der Waals surface area contributed by atoms with Gasteiger partial charge < -0.3 is 14.4 Å². The molecule has 8 heteroatoms. The molecule has 2 saturated carbocycles. The first-order valence-electron chi connectivity index (χ1n) is 7.57. The molecule has 1 N–H and O–H groups in total. The molecule has 0 radical (unpaired) electrons. The SMILES string of the molecule is O=C(C[NH+]1CCOCC1)OC1C2CC3C1OS(=O)(=O)C3C2. The second kappa shape index (κ2) is 4.91. The number of carbonyl (C=O) groups is 1. The Hall–Kier alpha value is -0.700. The molecule has 0 aromatic carbocycles. The summed E-state index contributed by atoms with van der Waals surface area (Å²) in [7, 11) is -3.44. The number of carbonyl (C=O) groups excluding carboxylic acids is 1. The molecule has 0 aromatic heterocycles. The number of rotatable bonds is 3. The largest absolute Gasteiger partial charge is 0.455 e. The van der Waals surface area contributed by atoms with E-state index in [9.17, 15) is 13.2 Å². The van der Waals surface area contributed by atoms with Crippen molar-refractivity contribution in [1.29, 1.82) is 0 Å². The van der Waals surface area contributed by atoms with Crippen LogP contribution < -0.4 is 4.90 Å². The van der Waals surface area contributed by atoms with Crippen molar-refractivity contribution < 1.29 is 31.8 Å². The number of hydrogen-bond donors (Lipinski definition) is 1. The van der Waals surface area contributed by atoms with Crippen molar-refractivity contribution in [3.8, 4) is 0 Å². The highest BCUT2D eigenvalue weighted by Crippen LogP contribution is 2.55. The van der Waals surface area contributed by atoms with Gasteiger partial charge in [0.1, 0.15) is 25.3 Å². The molecule has 2 aliphatic carbocycles. The Morgan fingerprint density at radius 1 is 1.24 bits per heavy atom. The molecule has 0 aromatic rings. The number of ether oxygens (including phenoxy) is 2. The summed E-state index contributed by atoms with van der Waals surface area (Å²) in [5, 5.41) is -0.368. The van der Waals surface area contributed by atoms with Gasteiger partial charge in [-0.15, -0.1) is 0 Å². The molecule has 21 heavy (non-hydrogen) atoms. The van der Waals surface area contributed by atoms with Gasteiger partial charge in [-0.1, -0.05) is 0 Å². The quantitative estimate of drug-likeness (QED) is 0.476. The van der Waals surface area contributed by atoms with Gasteiger partial charge in [-0.2, -0.15) is 8.42 Å². The third kappa shape index (κ3) is 2.28. The second-order valence-electron chi connectivity index (χ2n) is 6.48. The number of hydrogen-bond acceptors (Lipinski definition) is 6. The number of nitrogens with one attached hydrogen (secondary N) is 1. The molecule has 4 aliphatic rings. The van der Waals surface area contributed by atoms with E-state index in [1.165, 1.54) is 0 Å². The van der Waals surface area contributed by atoms with Crippen molar-refractivity contribution in [3.05, 3.63) is 0 Å². The van der Waals surface area contributed by atoms with E-state index in [1.807, 2.05) is 0 Å². The summed E-state index contributed by atoms with van der Waals surface area (Å²) in [6.45, 7) is 3.27. The van der Waals surface area contributed by atoms with Crippen LogP contribution in [0.25, 0.3) is 0 Å². The van der Waals surface area contributed by atoms with Crippen molar-refractivity contribution in [2.45, 2.75) is 30.3 Å². The van der Waals surface area contributed by atoms with E-state index in [-0.39, 0.29) is 29.2 Å². The number of fused-ring (bicyclic) bond motifs is 1. The third-order valence-electron chi connectivity index (χ3n) is 5.28. The fourth-order valence-electron chi connectivity index (χ4n) is 4.28. The molecule has 5 atom stereocenters. The first kappa shape index (κ1) is 13.9. The highest BCUT2D eigenvalue weighted by Gasteiger charge is 2.65. The Kier molecular flexibility index (Phi) is 3.25. The summed E-state index contributed by atoms with van der Waals surface area (Å²) in [4.78, 5) is 13.3. The summed E-state index contributed by atoms with van der Waals surface area (Å²) in [5.41, 5.74) is 0. The average molecular weight is 318 g/mol. The minimum absolute atomic E-state index is 0.0218. The summed E-state index contributed by atoms with van der Waals surface area (Å²) >= 11 is 0. The van der Waals surface area contributed by atoms with Gasteiger partial charge in [0.2, 0.25) is 0 Å². The Balaban J connectivity index is 1.39. The topological polar surface area (TPSA) is 83.3 Å². The lowest BCUT2D eigenvalue weighted by Crippen LogP contribution is -3.15. The summed E-state index contributed by atoms with van der Waals surface area (Å²) in [5.74, 6) is -0.0895. The Morgan fingerprint density at radius 3 is 2.76 bits per heavy atom. The van der Waals surface area contributed by atoms with Crippen LogP contribution in [0.3, 0.4) is 0 Å². The minimum atomic E-state index is -3.44. The van der Waals surface area contributed by atoms with E-state index in [2.05, 4.69) is 0 Å². The molecule has 5 unspecified atom stereocenters. The molecule has 2 saturated heterocycles. The fraction of sp³-hybridized carbons (Fsp3) is 0.923. The van der Waals surface area contributed by atoms with Crippen molar-refractivity contribution in [2.75, 3.05) is 32.8 Å². The molecular formula is C13H20NO6S+.